The molecule has 3 aromatic rings. The fraction of sp³-hybridized carbons (Fsp3) is 0.407. The average molecular weight is 462 g/mol. The minimum absolute atomic E-state index is 0.145. The molecule has 2 aromatic carbocycles. The van der Waals surface area contributed by atoms with Crippen LogP contribution in [0.25, 0.3) is 0 Å². The van der Waals surface area contributed by atoms with Crippen molar-refractivity contribution in [2.24, 2.45) is 0 Å². The topological polar surface area (TPSA) is 76.8 Å². The monoisotopic (exact) mass is 461 g/mol. The summed E-state index contributed by atoms with van der Waals surface area (Å²) in [5, 5.41) is 2.89. The van der Waals surface area contributed by atoms with E-state index in [1.165, 1.54) is 30.2 Å². The molecule has 34 heavy (non-hydrogen) atoms. The van der Waals surface area contributed by atoms with E-state index in [0.29, 0.717) is 36.5 Å². The first-order valence-corrected chi connectivity index (χ1v) is 11.8. The molecule has 0 unspecified atom stereocenters. The molecule has 1 N–H and O–H groups in total. The maximum Gasteiger partial charge on any atom is 0.273 e. The molecule has 0 bridgehead atoms. The lowest BCUT2D eigenvalue weighted by molar-refractivity contribution is 0.0945. The van der Waals surface area contributed by atoms with Crippen molar-refractivity contribution >= 4 is 5.91 Å². The standard InChI is InChI=1S/C27H31N3O4/c1-27(2,3)20-7-4-18(5-8-20)14-30(21-9-10-21)15-25-29-22(16-32-25)26(31)28-13-19-6-11-23-24(12-19)34-17-33-23/h4-8,11-12,16,21H,9-10,13-15,17H2,1-3H3,(H,28,31). The van der Waals surface area contributed by atoms with Crippen molar-refractivity contribution < 1.29 is 18.7 Å². The van der Waals surface area contributed by atoms with E-state index in [4.69, 9.17) is 13.9 Å². The van der Waals surface area contributed by atoms with Crippen molar-refractivity contribution in [2.75, 3.05) is 6.79 Å². The van der Waals surface area contributed by atoms with Crippen LogP contribution < -0.4 is 14.8 Å². The number of nitrogens with zero attached hydrogens (tertiary/aromatic N) is 2. The lowest BCUT2D eigenvalue weighted by atomic mass is 9.87. The molecule has 2 aliphatic rings. The number of rotatable bonds is 8. The van der Waals surface area contributed by atoms with Crippen molar-refractivity contribution in [3.8, 4) is 11.5 Å². The Balaban J connectivity index is 1.18. The summed E-state index contributed by atoms with van der Waals surface area (Å²) in [4.78, 5) is 19.4. The zero-order chi connectivity index (χ0) is 23.7. The lowest BCUT2D eigenvalue weighted by Crippen LogP contribution is -2.26. The van der Waals surface area contributed by atoms with E-state index in [1.807, 2.05) is 18.2 Å². The fourth-order valence-corrected chi connectivity index (χ4v) is 4.08. The maximum absolute atomic E-state index is 12.6. The summed E-state index contributed by atoms with van der Waals surface area (Å²) in [6, 6.07) is 15.0. The Labute approximate surface area is 200 Å². The molecule has 0 spiro atoms. The number of hydrogen-bond donors (Lipinski definition) is 1. The first kappa shape index (κ1) is 22.5. The number of nitrogens with one attached hydrogen (secondary N) is 1. The molecule has 0 saturated heterocycles. The zero-order valence-electron chi connectivity index (χ0n) is 20.0. The molecule has 7 heteroatoms. The number of amides is 1. The highest BCUT2D eigenvalue weighted by Gasteiger charge is 2.30. The van der Waals surface area contributed by atoms with Crippen LogP contribution in [-0.4, -0.2) is 28.6 Å². The van der Waals surface area contributed by atoms with E-state index < -0.39 is 0 Å². The van der Waals surface area contributed by atoms with Gasteiger partial charge in [0.1, 0.15) is 6.26 Å². The van der Waals surface area contributed by atoms with Gasteiger partial charge in [0.25, 0.3) is 5.91 Å². The summed E-state index contributed by atoms with van der Waals surface area (Å²) < 4.78 is 16.4. The highest BCUT2D eigenvalue weighted by molar-refractivity contribution is 5.91. The number of hydrogen-bond acceptors (Lipinski definition) is 6. The van der Waals surface area contributed by atoms with E-state index in [1.54, 1.807) is 0 Å². The van der Waals surface area contributed by atoms with Crippen LogP contribution in [0, 0.1) is 0 Å². The molecule has 1 aromatic heterocycles. The smallest absolute Gasteiger partial charge is 0.273 e. The number of benzene rings is 2. The van der Waals surface area contributed by atoms with Gasteiger partial charge in [-0.2, -0.15) is 0 Å². The van der Waals surface area contributed by atoms with Crippen LogP contribution in [0.5, 0.6) is 11.5 Å². The Morgan fingerprint density at radius 2 is 1.76 bits per heavy atom. The van der Waals surface area contributed by atoms with Gasteiger partial charge in [0.2, 0.25) is 12.7 Å². The Morgan fingerprint density at radius 3 is 2.50 bits per heavy atom. The number of carbonyl (C=O) groups excluding carboxylic acids is 1. The zero-order valence-corrected chi connectivity index (χ0v) is 20.0. The van der Waals surface area contributed by atoms with Crippen LogP contribution in [0.3, 0.4) is 0 Å². The van der Waals surface area contributed by atoms with Gasteiger partial charge in [0.15, 0.2) is 17.2 Å². The molecule has 0 radical (unpaired) electrons. The fourth-order valence-electron chi connectivity index (χ4n) is 4.08. The first-order chi connectivity index (χ1) is 16.3. The van der Waals surface area contributed by atoms with E-state index in [9.17, 15) is 4.79 Å². The summed E-state index contributed by atoms with van der Waals surface area (Å²) >= 11 is 0. The molecule has 1 aliphatic heterocycles. The van der Waals surface area contributed by atoms with Crippen molar-refractivity contribution in [3.63, 3.8) is 0 Å². The molecule has 1 saturated carbocycles. The van der Waals surface area contributed by atoms with Gasteiger partial charge < -0.3 is 19.2 Å². The molecule has 1 aliphatic carbocycles. The number of ether oxygens (including phenoxy) is 2. The van der Waals surface area contributed by atoms with Crippen LogP contribution in [0.2, 0.25) is 0 Å². The molecule has 1 amide bonds. The second-order valence-electron chi connectivity index (χ2n) is 10.1. The van der Waals surface area contributed by atoms with Crippen molar-refractivity contribution in [2.45, 2.75) is 64.7 Å². The number of oxazole rings is 1. The van der Waals surface area contributed by atoms with E-state index in [2.05, 4.69) is 60.2 Å². The van der Waals surface area contributed by atoms with E-state index >= 15 is 0 Å². The summed E-state index contributed by atoms with van der Waals surface area (Å²) in [5.41, 5.74) is 3.97. The molecule has 7 nitrogen and oxygen atoms in total. The molecule has 0 atom stereocenters. The normalized spacial score (nSPS) is 15.1. The predicted molar refractivity (Wildman–Crippen MR) is 128 cm³/mol. The summed E-state index contributed by atoms with van der Waals surface area (Å²) in [6.45, 7) is 8.70. The summed E-state index contributed by atoms with van der Waals surface area (Å²) in [5.74, 6) is 1.72. The minimum atomic E-state index is -0.261. The molecule has 178 valence electrons. The molecule has 5 rings (SSSR count). The molecular formula is C27H31N3O4. The van der Waals surface area contributed by atoms with Gasteiger partial charge in [-0.1, -0.05) is 51.1 Å². The number of carbonyl (C=O) groups is 1. The Kier molecular flexibility index (Phi) is 6.04. The molecular weight excluding hydrogens is 430 g/mol. The minimum Gasteiger partial charge on any atom is -0.454 e. The molecule has 1 fully saturated rings. The van der Waals surface area contributed by atoms with Crippen molar-refractivity contribution in [3.05, 3.63) is 77.0 Å². The maximum atomic E-state index is 12.6. The third-order valence-electron chi connectivity index (χ3n) is 6.28. The highest BCUT2D eigenvalue weighted by atomic mass is 16.7. The Hall–Kier alpha value is -3.32. The van der Waals surface area contributed by atoms with Gasteiger partial charge in [-0.15, -0.1) is 0 Å². The van der Waals surface area contributed by atoms with Gasteiger partial charge in [-0.3, -0.25) is 9.69 Å². The van der Waals surface area contributed by atoms with Gasteiger partial charge in [-0.05, 0) is 47.1 Å². The number of aromatic nitrogens is 1. The average Bonchev–Trinajstić information content (AvgIpc) is 3.37. The first-order valence-electron chi connectivity index (χ1n) is 11.8. The summed E-state index contributed by atoms with van der Waals surface area (Å²) in [6.07, 6.45) is 3.81. The Morgan fingerprint density at radius 1 is 1.03 bits per heavy atom. The highest BCUT2D eigenvalue weighted by Crippen LogP contribution is 2.33. The number of fused-ring (bicyclic) bond motifs is 1. The van der Waals surface area contributed by atoms with Gasteiger partial charge in [-0.25, -0.2) is 4.98 Å². The van der Waals surface area contributed by atoms with E-state index in [-0.39, 0.29) is 18.1 Å². The second-order valence-corrected chi connectivity index (χ2v) is 10.1. The van der Waals surface area contributed by atoms with Crippen LogP contribution >= 0.6 is 0 Å². The van der Waals surface area contributed by atoms with Crippen molar-refractivity contribution in [1.82, 2.24) is 15.2 Å². The van der Waals surface area contributed by atoms with Gasteiger partial charge in [0.05, 0.1) is 6.54 Å². The Bertz CT molecular complexity index is 1160. The van der Waals surface area contributed by atoms with E-state index in [0.717, 1.165) is 17.9 Å². The van der Waals surface area contributed by atoms with Gasteiger partial charge >= 0.3 is 0 Å². The SMILES string of the molecule is CC(C)(C)c1ccc(CN(Cc2nc(C(=O)NCc3ccc4c(c3)OCO4)co2)C2CC2)cc1. The van der Waals surface area contributed by atoms with Crippen LogP contribution in [0.4, 0.5) is 0 Å². The largest absolute Gasteiger partial charge is 0.454 e. The van der Waals surface area contributed by atoms with Crippen LogP contribution in [0.1, 0.15) is 66.7 Å². The third kappa shape index (κ3) is 5.25. The third-order valence-corrected chi connectivity index (χ3v) is 6.28. The lowest BCUT2D eigenvalue weighted by Gasteiger charge is -2.22. The quantitative estimate of drug-likeness (QED) is 0.520. The van der Waals surface area contributed by atoms with Crippen molar-refractivity contribution in [1.29, 1.82) is 0 Å². The van der Waals surface area contributed by atoms with Gasteiger partial charge in [0, 0.05) is 19.1 Å². The summed E-state index contributed by atoms with van der Waals surface area (Å²) in [7, 11) is 0. The second kappa shape index (κ2) is 9.14. The van der Waals surface area contributed by atoms with Crippen LogP contribution in [0.15, 0.2) is 53.1 Å². The molecule has 2 heterocycles. The van der Waals surface area contributed by atoms with Crippen LogP contribution in [-0.2, 0) is 25.0 Å². The predicted octanol–water partition coefficient (Wildman–Crippen LogP) is 4.80.